The van der Waals surface area contributed by atoms with Crippen molar-refractivity contribution < 1.29 is 18.1 Å². The summed E-state index contributed by atoms with van der Waals surface area (Å²) in [5.41, 5.74) is 1.08. The number of hydrogen-bond acceptors (Lipinski definition) is 6. The molecule has 2 aromatic rings. The van der Waals surface area contributed by atoms with E-state index in [1.165, 1.54) is 7.11 Å². The lowest BCUT2D eigenvalue weighted by atomic mass is 10.2. The quantitative estimate of drug-likeness (QED) is 0.638. The van der Waals surface area contributed by atoms with E-state index in [1.54, 1.807) is 24.5 Å². The Morgan fingerprint density at radius 2 is 2.00 bits per heavy atom. The average Bonchev–Trinajstić information content (AvgIpc) is 3.02. The Labute approximate surface area is 126 Å². The van der Waals surface area contributed by atoms with E-state index < -0.39 is 10.0 Å². The van der Waals surface area contributed by atoms with Crippen LogP contribution in [-0.2, 0) is 8.23 Å². The molecule has 0 bridgehead atoms. The van der Waals surface area contributed by atoms with Crippen molar-refractivity contribution in [3.63, 3.8) is 0 Å². The molecule has 0 atom stereocenters. The van der Waals surface area contributed by atoms with Gasteiger partial charge in [0.1, 0.15) is 21.0 Å². The number of nitrogens with zero attached hydrogens (tertiary/aromatic N) is 2. The summed E-state index contributed by atoms with van der Waals surface area (Å²) in [7, 11) is 2.81. The molecule has 0 aliphatic rings. The van der Waals surface area contributed by atoms with E-state index >= 15 is 0 Å². The molecule has 0 radical (unpaired) electrons. The third-order valence-corrected chi connectivity index (χ3v) is 3.79. The van der Waals surface area contributed by atoms with Crippen LogP contribution in [0.3, 0.4) is 0 Å². The number of methoxy groups -OCH3 is 1. The summed E-state index contributed by atoms with van der Waals surface area (Å²) in [5.74, 6) is 0.716. The lowest BCUT2D eigenvalue weighted by Gasteiger charge is -2.02. The molecule has 10 heteroatoms. The van der Waals surface area contributed by atoms with Crippen molar-refractivity contribution in [2.45, 2.75) is 6.92 Å². The fourth-order valence-electron chi connectivity index (χ4n) is 1.07. The Morgan fingerprint density at radius 3 is 2.30 bits per heavy atom. The van der Waals surface area contributed by atoms with Gasteiger partial charge in [0.15, 0.2) is 11.5 Å². The number of aromatic nitrogens is 3. The van der Waals surface area contributed by atoms with Gasteiger partial charge in [-0.25, -0.2) is 0 Å². The summed E-state index contributed by atoms with van der Waals surface area (Å²) in [6.45, 7) is 1.95. The molecule has 112 valence electrons. The van der Waals surface area contributed by atoms with Gasteiger partial charge in [-0.3, -0.25) is 5.10 Å². The monoisotopic (exact) mass is 331 g/mol. The SMILES string of the molecule is COc1cc(C)ccc1O.[SiH3]O[SiH2]O[SiH3].c1c[nH]nn1. The smallest absolute Gasteiger partial charge is 0.282 e. The van der Waals surface area contributed by atoms with Gasteiger partial charge in [-0.15, -0.1) is 5.10 Å². The Hall–Kier alpha value is -1.47. The number of phenolic OH excluding ortho intramolecular Hbond substituents is 1. The van der Waals surface area contributed by atoms with Crippen LogP contribution in [0.4, 0.5) is 0 Å². The third kappa shape index (κ3) is 9.46. The Kier molecular flexibility index (Phi) is 11.6. The molecular formula is C10H21N3O4Si3. The molecule has 0 saturated carbocycles. The lowest BCUT2D eigenvalue weighted by Crippen LogP contribution is -1.96. The van der Waals surface area contributed by atoms with E-state index in [-0.39, 0.29) is 5.75 Å². The predicted octanol–water partition coefficient (Wildman–Crippen LogP) is -1.91. The van der Waals surface area contributed by atoms with E-state index in [2.05, 4.69) is 15.4 Å². The molecule has 0 amide bonds. The van der Waals surface area contributed by atoms with Crippen LogP contribution in [0.5, 0.6) is 11.5 Å². The molecule has 1 aromatic carbocycles. The number of phenols is 1. The predicted molar refractivity (Wildman–Crippen MR) is 86.4 cm³/mol. The summed E-state index contributed by atoms with van der Waals surface area (Å²) in [4.78, 5) is 0. The van der Waals surface area contributed by atoms with Crippen LogP contribution in [0.2, 0.25) is 0 Å². The summed E-state index contributed by atoms with van der Waals surface area (Å²) in [5, 5.41) is 18.4. The molecule has 0 saturated heterocycles. The topological polar surface area (TPSA) is 89.5 Å². The summed E-state index contributed by atoms with van der Waals surface area (Å²) in [6, 6.07) is 5.24. The van der Waals surface area contributed by atoms with Crippen molar-refractivity contribution in [1.82, 2.24) is 15.4 Å². The molecule has 0 aliphatic carbocycles. The first-order valence-corrected chi connectivity index (χ1v) is 8.56. The molecular weight excluding hydrogens is 310 g/mol. The van der Waals surface area contributed by atoms with Crippen molar-refractivity contribution >= 4 is 31.0 Å². The number of H-pyrrole nitrogens is 1. The lowest BCUT2D eigenvalue weighted by molar-refractivity contribution is 0.373. The van der Waals surface area contributed by atoms with Gasteiger partial charge in [-0.05, 0) is 24.6 Å². The van der Waals surface area contributed by atoms with Crippen LogP contribution >= 0.6 is 0 Å². The minimum Gasteiger partial charge on any atom is -0.504 e. The Balaban J connectivity index is 0.000000304. The van der Waals surface area contributed by atoms with Crippen molar-refractivity contribution in [2.24, 2.45) is 0 Å². The molecule has 0 unspecified atom stereocenters. The molecule has 7 nitrogen and oxygen atoms in total. The summed E-state index contributed by atoms with van der Waals surface area (Å²) < 4.78 is 14.4. The van der Waals surface area contributed by atoms with E-state index in [1.807, 2.05) is 13.0 Å². The third-order valence-electron chi connectivity index (χ3n) is 1.90. The molecule has 2 rings (SSSR count). The number of rotatable bonds is 3. The van der Waals surface area contributed by atoms with Crippen molar-refractivity contribution in [3.8, 4) is 11.5 Å². The second-order valence-electron chi connectivity index (χ2n) is 3.53. The maximum atomic E-state index is 9.11. The van der Waals surface area contributed by atoms with Gasteiger partial charge in [-0.2, -0.15) is 0 Å². The number of aromatic amines is 1. The second-order valence-corrected chi connectivity index (χ2v) is 8.39. The number of hydrogen-bond donors (Lipinski definition) is 2. The van der Waals surface area contributed by atoms with E-state index in [9.17, 15) is 0 Å². The van der Waals surface area contributed by atoms with Crippen molar-refractivity contribution in [3.05, 3.63) is 36.2 Å². The van der Waals surface area contributed by atoms with Crippen LogP contribution in [-0.4, -0.2) is 58.6 Å². The Morgan fingerprint density at radius 1 is 1.30 bits per heavy atom. The molecule has 1 heterocycles. The first-order valence-electron chi connectivity index (χ1n) is 5.77. The van der Waals surface area contributed by atoms with Crippen LogP contribution in [0.1, 0.15) is 5.56 Å². The normalized spacial score (nSPS) is 9.70. The number of nitrogens with one attached hydrogen (secondary N) is 1. The fraction of sp³-hybridized carbons (Fsp3) is 0.200. The van der Waals surface area contributed by atoms with Crippen LogP contribution in [0.15, 0.2) is 30.6 Å². The van der Waals surface area contributed by atoms with Gasteiger partial charge >= 0.3 is 0 Å². The first kappa shape index (κ1) is 18.5. The standard InChI is InChI=1S/C8H10O2.C2H3N3.H8O2Si3/c1-6-3-4-7(9)8(5-6)10-2;1-2-4-5-3-1;3-1-5-2-4/h3-5,9H,1-2H3;1-2H,(H,3,4,5);5H2,3-4H3. The maximum absolute atomic E-state index is 9.11. The summed E-state index contributed by atoms with van der Waals surface area (Å²) in [6.07, 6.45) is 3.24. The molecule has 0 spiro atoms. The zero-order valence-corrected chi connectivity index (χ0v) is 17.6. The fourth-order valence-corrected chi connectivity index (χ4v) is 4.13. The molecule has 2 N–H and O–H groups in total. The number of aromatic hydroxyl groups is 1. The maximum Gasteiger partial charge on any atom is 0.282 e. The molecule has 1 aromatic heterocycles. The highest BCUT2D eigenvalue weighted by Gasteiger charge is 1.97. The van der Waals surface area contributed by atoms with Crippen LogP contribution in [0.25, 0.3) is 0 Å². The molecule has 20 heavy (non-hydrogen) atoms. The number of ether oxygens (including phenoxy) is 1. The largest absolute Gasteiger partial charge is 0.504 e. The minimum atomic E-state index is -0.444. The zero-order valence-electron chi connectivity index (χ0n) is 12.2. The van der Waals surface area contributed by atoms with Gasteiger partial charge in [0.25, 0.3) is 10.0 Å². The van der Waals surface area contributed by atoms with Gasteiger partial charge in [0.2, 0.25) is 0 Å². The second kappa shape index (κ2) is 12.6. The zero-order chi connectivity index (χ0) is 15.2. The summed E-state index contributed by atoms with van der Waals surface area (Å²) >= 11 is 0. The highest BCUT2D eigenvalue weighted by atomic mass is 28.3. The van der Waals surface area contributed by atoms with E-state index in [4.69, 9.17) is 18.1 Å². The van der Waals surface area contributed by atoms with Crippen LogP contribution in [0, 0.1) is 6.92 Å². The highest BCUT2D eigenvalue weighted by molar-refractivity contribution is 6.33. The number of benzene rings is 1. The van der Waals surface area contributed by atoms with Gasteiger partial charge in [0.05, 0.1) is 13.3 Å². The Bertz CT molecular complexity index is 426. The van der Waals surface area contributed by atoms with Crippen molar-refractivity contribution in [1.29, 1.82) is 0 Å². The molecule has 0 aliphatic heterocycles. The van der Waals surface area contributed by atoms with E-state index in [0.29, 0.717) is 5.75 Å². The van der Waals surface area contributed by atoms with E-state index in [0.717, 1.165) is 26.5 Å². The number of aryl methyl sites for hydroxylation is 1. The highest BCUT2D eigenvalue weighted by Crippen LogP contribution is 2.25. The van der Waals surface area contributed by atoms with Gasteiger partial charge in [-0.1, -0.05) is 11.3 Å². The average molecular weight is 332 g/mol. The van der Waals surface area contributed by atoms with Gasteiger partial charge < -0.3 is 18.1 Å². The van der Waals surface area contributed by atoms with Crippen molar-refractivity contribution in [2.75, 3.05) is 7.11 Å². The first-order chi connectivity index (χ1) is 9.65. The van der Waals surface area contributed by atoms with Gasteiger partial charge in [0, 0.05) is 6.20 Å². The minimum absolute atomic E-state index is 0.188. The van der Waals surface area contributed by atoms with Crippen LogP contribution < -0.4 is 4.74 Å². The molecule has 0 fully saturated rings.